The molecule has 114 valence electrons. The van der Waals surface area contributed by atoms with Gasteiger partial charge in [0.15, 0.2) is 0 Å². The maximum atomic E-state index is 12.3. The molecule has 0 bridgehead atoms. The zero-order valence-corrected chi connectivity index (χ0v) is 13.1. The van der Waals surface area contributed by atoms with Crippen LogP contribution in [0.25, 0.3) is 0 Å². The normalized spacial score (nSPS) is 19.3. The van der Waals surface area contributed by atoms with Gasteiger partial charge in [0.2, 0.25) is 11.8 Å². The summed E-state index contributed by atoms with van der Waals surface area (Å²) in [7, 11) is 0. The number of carboxylic acid groups (broad SMARTS) is 1. The van der Waals surface area contributed by atoms with E-state index in [-0.39, 0.29) is 18.2 Å². The molecule has 1 aromatic rings. The molecule has 1 aliphatic rings. The van der Waals surface area contributed by atoms with E-state index in [9.17, 15) is 14.4 Å². The molecule has 2 N–H and O–H groups in total. The summed E-state index contributed by atoms with van der Waals surface area (Å²) in [4.78, 5) is 37.1. The van der Waals surface area contributed by atoms with E-state index in [1.54, 1.807) is 6.07 Å². The number of aliphatic carboxylic acids is 1. The summed E-state index contributed by atoms with van der Waals surface area (Å²) in [5.41, 5.74) is 0. The fourth-order valence-electron chi connectivity index (χ4n) is 2.13. The van der Waals surface area contributed by atoms with Crippen LogP contribution in [-0.2, 0) is 14.4 Å². The van der Waals surface area contributed by atoms with Gasteiger partial charge in [-0.25, -0.2) is 0 Å². The van der Waals surface area contributed by atoms with Crippen molar-refractivity contribution in [3.8, 4) is 0 Å². The highest BCUT2D eigenvalue weighted by molar-refractivity contribution is 7.99. The van der Waals surface area contributed by atoms with E-state index in [0.717, 1.165) is 4.88 Å². The van der Waals surface area contributed by atoms with Crippen LogP contribution in [0.15, 0.2) is 17.5 Å². The van der Waals surface area contributed by atoms with E-state index in [4.69, 9.17) is 5.11 Å². The van der Waals surface area contributed by atoms with Crippen molar-refractivity contribution < 1.29 is 19.5 Å². The molecule has 2 heterocycles. The Balaban J connectivity index is 2.07. The minimum Gasteiger partial charge on any atom is -0.481 e. The smallest absolute Gasteiger partial charge is 0.305 e. The number of thioether (sulfide) groups is 1. The van der Waals surface area contributed by atoms with E-state index in [0.29, 0.717) is 11.6 Å². The van der Waals surface area contributed by atoms with Crippen molar-refractivity contribution in [2.75, 3.05) is 11.6 Å². The highest BCUT2D eigenvalue weighted by Gasteiger charge is 2.34. The highest BCUT2D eigenvalue weighted by atomic mass is 32.2. The Morgan fingerprint density at radius 2 is 2.29 bits per heavy atom. The molecule has 1 aromatic heterocycles. The molecule has 21 heavy (non-hydrogen) atoms. The Hall–Kier alpha value is -1.54. The first-order valence-electron chi connectivity index (χ1n) is 6.39. The third kappa shape index (κ3) is 3.98. The van der Waals surface area contributed by atoms with E-state index < -0.39 is 18.1 Å². The number of carbonyl (C=O) groups is 3. The predicted octanol–water partition coefficient (Wildman–Crippen LogP) is 1.30. The summed E-state index contributed by atoms with van der Waals surface area (Å²) in [5.74, 6) is -0.384. The van der Waals surface area contributed by atoms with Crippen molar-refractivity contribution in [1.29, 1.82) is 0 Å². The van der Waals surface area contributed by atoms with Gasteiger partial charge >= 0.3 is 5.97 Å². The maximum Gasteiger partial charge on any atom is 0.305 e. The molecule has 0 spiro atoms. The van der Waals surface area contributed by atoms with Gasteiger partial charge < -0.3 is 15.3 Å². The Kier molecular flexibility index (Phi) is 5.24. The quantitative estimate of drug-likeness (QED) is 0.851. The molecule has 0 saturated carbocycles. The first-order chi connectivity index (χ1) is 9.99. The molecular weight excluding hydrogens is 312 g/mol. The van der Waals surface area contributed by atoms with E-state index >= 15 is 0 Å². The lowest BCUT2D eigenvalue weighted by Crippen LogP contribution is -2.47. The van der Waals surface area contributed by atoms with Crippen LogP contribution in [0.3, 0.4) is 0 Å². The van der Waals surface area contributed by atoms with Crippen molar-refractivity contribution in [3.63, 3.8) is 0 Å². The van der Waals surface area contributed by atoms with Gasteiger partial charge in [-0.15, -0.1) is 23.1 Å². The second kappa shape index (κ2) is 6.95. The van der Waals surface area contributed by atoms with Crippen molar-refractivity contribution in [1.82, 2.24) is 10.2 Å². The van der Waals surface area contributed by atoms with Crippen LogP contribution in [0.5, 0.6) is 0 Å². The SMILES string of the molecule is CC(=O)N1CSC[C@@H]1C(=O)N[C@H](CC(=O)O)c1cccs1. The molecule has 6 nitrogen and oxygen atoms in total. The molecule has 0 unspecified atom stereocenters. The molecular formula is C13H16N2O4S2. The van der Waals surface area contributed by atoms with Gasteiger partial charge in [-0.05, 0) is 11.4 Å². The fourth-order valence-corrected chi connectivity index (χ4v) is 4.12. The first-order valence-corrected chi connectivity index (χ1v) is 8.43. The summed E-state index contributed by atoms with van der Waals surface area (Å²) in [6.45, 7) is 1.43. The van der Waals surface area contributed by atoms with Gasteiger partial charge in [0.05, 0.1) is 18.3 Å². The molecule has 1 saturated heterocycles. The fraction of sp³-hybridized carbons (Fsp3) is 0.462. The van der Waals surface area contributed by atoms with Gasteiger partial charge in [0.25, 0.3) is 0 Å². The average molecular weight is 328 g/mol. The lowest BCUT2D eigenvalue weighted by molar-refractivity contribution is -0.139. The zero-order chi connectivity index (χ0) is 15.4. The molecule has 1 aliphatic heterocycles. The van der Waals surface area contributed by atoms with Gasteiger partial charge in [-0.3, -0.25) is 14.4 Å². The summed E-state index contributed by atoms with van der Waals surface area (Å²) < 4.78 is 0. The van der Waals surface area contributed by atoms with Gasteiger partial charge in [-0.1, -0.05) is 6.07 Å². The molecule has 0 aromatic carbocycles. The second-order valence-corrected chi connectivity index (χ2v) is 6.66. The topological polar surface area (TPSA) is 86.7 Å². The number of nitrogens with one attached hydrogen (secondary N) is 1. The van der Waals surface area contributed by atoms with Crippen molar-refractivity contribution >= 4 is 40.9 Å². The lowest BCUT2D eigenvalue weighted by atomic mass is 10.1. The third-order valence-electron chi connectivity index (χ3n) is 3.17. The van der Waals surface area contributed by atoms with Crippen LogP contribution in [0.4, 0.5) is 0 Å². The van der Waals surface area contributed by atoms with E-state index in [2.05, 4.69) is 5.32 Å². The Morgan fingerprint density at radius 1 is 1.52 bits per heavy atom. The van der Waals surface area contributed by atoms with Crippen LogP contribution < -0.4 is 5.32 Å². The Labute approximate surface area is 130 Å². The Bertz CT molecular complexity index is 532. The molecule has 0 aliphatic carbocycles. The van der Waals surface area contributed by atoms with Gasteiger partial charge in [-0.2, -0.15) is 0 Å². The molecule has 8 heteroatoms. The van der Waals surface area contributed by atoms with Crippen LogP contribution >= 0.6 is 23.1 Å². The number of hydrogen-bond acceptors (Lipinski definition) is 5. The lowest BCUT2D eigenvalue weighted by Gasteiger charge is -2.24. The first kappa shape index (κ1) is 15.8. The molecule has 2 atom stereocenters. The summed E-state index contributed by atoms with van der Waals surface area (Å²) in [5, 5.41) is 13.6. The summed E-state index contributed by atoms with van der Waals surface area (Å²) in [6, 6.07) is 2.53. The van der Waals surface area contributed by atoms with E-state index in [1.807, 2.05) is 11.4 Å². The zero-order valence-electron chi connectivity index (χ0n) is 11.4. The monoisotopic (exact) mass is 328 g/mol. The summed E-state index contributed by atoms with van der Waals surface area (Å²) >= 11 is 2.92. The van der Waals surface area contributed by atoms with Crippen molar-refractivity contribution in [2.45, 2.75) is 25.4 Å². The molecule has 2 rings (SSSR count). The number of thiophene rings is 1. The highest BCUT2D eigenvalue weighted by Crippen LogP contribution is 2.25. The second-order valence-electron chi connectivity index (χ2n) is 4.68. The number of carbonyl (C=O) groups excluding carboxylic acids is 2. The minimum atomic E-state index is -0.974. The van der Waals surface area contributed by atoms with Crippen molar-refractivity contribution in [3.05, 3.63) is 22.4 Å². The molecule has 2 amide bonds. The standard InChI is InChI=1S/C13H16N2O4S2/c1-8(16)15-7-20-6-10(15)13(19)14-9(5-12(17)18)11-3-2-4-21-11/h2-4,9-10H,5-7H2,1H3,(H,14,19)(H,17,18)/t9-,10-/m1/s1. The predicted molar refractivity (Wildman–Crippen MR) is 81.1 cm³/mol. The number of carboxylic acids is 1. The number of amides is 2. The Morgan fingerprint density at radius 3 is 2.86 bits per heavy atom. The average Bonchev–Trinajstić information content (AvgIpc) is 3.08. The molecule has 1 fully saturated rings. The van der Waals surface area contributed by atoms with Gasteiger partial charge in [0.1, 0.15) is 6.04 Å². The van der Waals surface area contributed by atoms with Gasteiger partial charge in [0, 0.05) is 17.6 Å². The van der Waals surface area contributed by atoms with Crippen LogP contribution in [0, 0.1) is 0 Å². The van der Waals surface area contributed by atoms with Crippen LogP contribution in [0.2, 0.25) is 0 Å². The van der Waals surface area contributed by atoms with Crippen molar-refractivity contribution in [2.24, 2.45) is 0 Å². The largest absolute Gasteiger partial charge is 0.481 e. The summed E-state index contributed by atoms with van der Waals surface area (Å²) in [6.07, 6.45) is -0.174. The maximum absolute atomic E-state index is 12.3. The van der Waals surface area contributed by atoms with Crippen LogP contribution in [-0.4, -0.2) is 45.5 Å². The van der Waals surface area contributed by atoms with Crippen LogP contribution in [0.1, 0.15) is 24.3 Å². The minimum absolute atomic E-state index is 0.147. The van der Waals surface area contributed by atoms with E-state index in [1.165, 1.54) is 34.9 Å². The number of rotatable bonds is 5. The third-order valence-corrected chi connectivity index (χ3v) is 5.17. The molecule has 0 radical (unpaired) electrons. The number of hydrogen-bond donors (Lipinski definition) is 2. The number of nitrogens with zero attached hydrogens (tertiary/aromatic N) is 1.